The van der Waals surface area contributed by atoms with Gasteiger partial charge in [0.1, 0.15) is 12.1 Å². The molecule has 9 nitrogen and oxygen atoms in total. The van der Waals surface area contributed by atoms with Crippen molar-refractivity contribution in [2.45, 2.75) is 32.2 Å². The van der Waals surface area contributed by atoms with Crippen molar-refractivity contribution in [3.05, 3.63) is 70.3 Å². The molecule has 2 aromatic heterocycles. The standard InChI is InChI=1S/C23H21N7O2S/c1-13-3-2-4-14(9-13)27-20-17-10-15(5-6-18(17)25-12-26-20)28-22-24-8-7-16(29-22)11-19-21(31)30-23(32)33-19/h2-4,7-9,11-12,15H,5-6,10H2,1H3,(H,24,28,29)(H,25,26,27)(H,30,31,32)/b19-11+. The van der Waals surface area contributed by atoms with E-state index in [9.17, 15) is 9.59 Å². The molecule has 3 aromatic rings. The molecule has 5 rings (SSSR count). The summed E-state index contributed by atoms with van der Waals surface area (Å²) in [4.78, 5) is 41.3. The maximum absolute atomic E-state index is 11.8. The minimum Gasteiger partial charge on any atom is -0.351 e. The highest BCUT2D eigenvalue weighted by Crippen LogP contribution is 2.29. The monoisotopic (exact) mass is 459 g/mol. The zero-order valence-electron chi connectivity index (χ0n) is 17.8. The molecule has 3 heterocycles. The Hall–Kier alpha value is -3.79. The van der Waals surface area contributed by atoms with Gasteiger partial charge >= 0.3 is 0 Å². The number of fused-ring (bicyclic) bond motifs is 1. The topological polar surface area (TPSA) is 122 Å². The Kier molecular flexibility index (Phi) is 5.74. The number of carbonyl (C=O) groups is 2. The second kappa shape index (κ2) is 8.99. The van der Waals surface area contributed by atoms with Crippen LogP contribution in [0.25, 0.3) is 6.08 Å². The van der Waals surface area contributed by atoms with Crippen LogP contribution in [0.1, 0.15) is 28.9 Å². The second-order valence-corrected chi connectivity index (χ2v) is 8.90. The van der Waals surface area contributed by atoms with Gasteiger partial charge in [-0.15, -0.1) is 0 Å². The molecular weight excluding hydrogens is 438 g/mol. The van der Waals surface area contributed by atoms with E-state index in [1.54, 1.807) is 24.7 Å². The number of benzene rings is 1. The molecule has 166 valence electrons. The minimum atomic E-state index is -0.407. The average Bonchev–Trinajstić information content (AvgIpc) is 3.11. The van der Waals surface area contributed by atoms with Crippen LogP contribution in [0.5, 0.6) is 0 Å². The molecular formula is C23H21N7O2S. The van der Waals surface area contributed by atoms with Crippen molar-refractivity contribution in [1.29, 1.82) is 0 Å². The molecule has 2 amide bonds. The normalized spacial score (nSPS) is 18.7. The van der Waals surface area contributed by atoms with Crippen LogP contribution in [0.3, 0.4) is 0 Å². The lowest BCUT2D eigenvalue weighted by Crippen LogP contribution is -2.29. The van der Waals surface area contributed by atoms with E-state index in [4.69, 9.17) is 0 Å². The summed E-state index contributed by atoms with van der Waals surface area (Å²) in [7, 11) is 0. The Morgan fingerprint density at radius 3 is 2.91 bits per heavy atom. The predicted octanol–water partition coefficient (Wildman–Crippen LogP) is 3.61. The summed E-state index contributed by atoms with van der Waals surface area (Å²) in [5.41, 5.74) is 4.85. The van der Waals surface area contributed by atoms with Gasteiger partial charge in [0.2, 0.25) is 5.95 Å². The van der Waals surface area contributed by atoms with Crippen molar-refractivity contribution in [3.8, 4) is 0 Å². The van der Waals surface area contributed by atoms with Crippen LogP contribution in [0.4, 0.5) is 22.2 Å². The quantitative estimate of drug-likeness (QED) is 0.491. The summed E-state index contributed by atoms with van der Waals surface area (Å²) in [6, 6.07) is 9.97. The maximum Gasteiger partial charge on any atom is 0.290 e. The van der Waals surface area contributed by atoms with Gasteiger partial charge in [-0.25, -0.2) is 19.9 Å². The molecule has 1 aliphatic carbocycles. The van der Waals surface area contributed by atoms with Crippen LogP contribution in [-0.2, 0) is 17.6 Å². The van der Waals surface area contributed by atoms with Crippen LogP contribution in [0, 0.1) is 6.92 Å². The van der Waals surface area contributed by atoms with Gasteiger partial charge in [-0.1, -0.05) is 12.1 Å². The molecule has 1 saturated heterocycles. The van der Waals surface area contributed by atoms with Crippen LogP contribution in [0.15, 0.2) is 47.8 Å². The highest BCUT2D eigenvalue weighted by atomic mass is 32.2. The highest BCUT2D eigenvalue weighted by molar-refractivity contribution is 8.18. The van der Waals surface area contributed by atoms with E-state index >= 15 is 0 Å². The fourth-order valence-electron chi connectivity index (χ4n) is 3.89. The van der Waals surface area contributed by atoms with Gasteiger partial charge in [0, 0.05) is 29.2 Å². The number of anilines is 3. The molecule has 1 aromatic carbocycles. The summed E-state index contributed by atoms with van der Waals surface area (Å²) < 4.78 is 0. The van der Waals surface area contributed by atoms with E-state index in [1.165, 1.54) is 5.56 Å². The van der Waals surface area contributed by atoms with Gasteiger partial charge in [0.15, 0.2) is 0 Å². The molecule has 3 N–H and O–H groups in total. The first-order valence-electron chi connectivity index (χ1n) is 10.5. The Morgan fingerprint density at radius 1 is 1.18 bits per heavy atom. The molecule has 0 bridgehead atoms. The summed E-state index contributed by atoms with van der Waals surface area (Å²) in [6.07, 6.45) is 7.26. The molecule has 0 radical (unpaired) electrons. The molecule has 0 saturated carbocycles. The number of nitrogens with one attached hydrogen (secondary N) is 3. The van der Waals surface area contributed by atoms with E-state index < -0.39 is 5.91 Å². The molecule has 1 atom stereocenters. The third-order valence-electron chi connectivity index (χ3n) is 5.43. The van der Waals surface area contributed by atoms with Gasteiger partial charge in [-0.05, 0) is 67.8 Å². The molecule has 2 aliphatic rings. The van der Waals surface area contributed by atoms with Crippen LogP contribution < -0.4 is 16.0 Å². The number of thioether (sulfide) groups is 1. The largest absolute Gasteiger partial charge is 0.351 e. The average molecular weight is 460 g/mol. The van der Waals surface area contributed by atoms with Gasteiger partial charge in [0.05, 0.1) is 10.6 Å². The Labute approximate surface area is 194 Å². The lowest BCUT2D eigenvalue weighted by atomic mass is 9.92. The lowest BCUT2D eigenvalue weighted by Gasteiger charge is -2.26. The zero-order valence-corrected chi connectivity index (χ0v) is 18.6. The molecule has 1 fully saturated rings. The van der Waals surface area contributed by atoms with Gasteiger partial charge in [0.25, 0.3) is 11.1 Å². The number of carbonyl (C=O) groups excluding carboxylic acids is 2. The first-order valence-corrected chi connectivity index (χ1v) is 11.4. The first-order chi connectivity index (χ1) is 16.0. The highest BCUT2D eigenvalue weighted by Gasteiger charge is 2.26. The number of nitrogens with zero attached hydrogens (tertiary/aromatic N) is 4. The van der Waals surface area contributed by atoms with Crippen LogP contribution in [0.2, 0.25) is 0 Å². The Morgan fingerprint density at radius 2 is 2.09 bits per heavy atom. The second-order valence-electron chi connectivity index (χ2n) is 7.88. The van der Waals surface area contributed by atoms with Gasteiger partial charge < -0.3 is 10.6 Å². The maximum atomic E-state index is 11.8. The molecule has 33 heavy (non-hydrogen) atoms. The van der Waals surface area contributed by atoms with Crippen molar-refractivity contribution in [1.82, 2.24) is 25.3 Å². The summed E-state index contributed by atoms with van der Waals surface area (Å²) >= 11 is 0.865. The zero-order chi connectivity index (χ0) is 22.8. The minimum absolute atomic E-state index is 0.107. The van der Waals surface area contributed by atoms with Crippen molar-refractivity contribution < 1.29 is 9.59 Å². The van der Waals surface area contributed by atoms with E-state index in [2.05, 4.69) is 54.9 Å². The van der Waals surface area contributed by atoms with Gasteiger partial charge in [-0.2, -0.15) is 0 Å². The van der Waals surface area contributed by atoms with Gasteiger partial charge in [-0.3, -0.25) is 14.9 Å². The smallest absolute Gasteiger partial charge is 0.290 e. The van der Waals surface area contributed by atoms with Crippen molar-refractivity contribution in [2.24, 2.45) is 0 Å². The number of aryl methyl sites for hydroxylation is 2. The molecule has 1 aliphatic heterocycles. The lowest BCUT2D eigenvalue weighted by molar-refractivity contribution is -0.115. The van der Waals surface area contributed by atoms with E-state index in [1.807, 2.05) is 12.1 Å². The van der Waals surface area contributed by atoms with E-state index in [0.29, 0.717) is 16.5 Å². The summed E-state index contributed by atoms with van der Waals surface area (Å²) in [5.74, 6) is 0.874. The third kappa shape index (κ3) is 4.85. The van der Waals surface area contributed by atoms with Crippen molar-refractivity contribution >= 4 is 46.4 Å². The Bertz CT molecular complexity index is 1280. The van der Waals surface area contributed by atoms with E-state index in [-0.39, 0.29) is 11.3 Å². The fraction of sp³-hybridized carbons (Fsp3) is 0.217. The van der Waals surface area contributed by atoms with Crippen LogP contribution >= 0.6 is 11.8 Å². The first kappa shape index (κ1) is 21.1. The molecule has 0 spiro atoms. The molecule has 1 unspecified atom stereocenters. The third-order valence-corrected chi connectivity index (χ3v) is 6.24. The number of hydrogen-bond acceptors (Lipinski definition) is 9. The molecule has 10 heteroatoms. The predicted molar refractivity (Wildman–Crippen MR) is 127 cm³/mol. The number of amides is 2. The van der Waals surface area contributed by atoms with Crippen molar-refractivity contribution in [2.75, 3.05) is 10.6 Å². The number of imide groups is 1. The number of aromatic nitrogens is 4. The summed E-state index contributed by atoms with van der Waals surface area (Å²) in [5, 5.41) is 8.69. The summed E-state index contributed by atoms with van der Waals surface area (Å²) in [6.45, 7) is 2.06. The van der Waals surface area contributed by atoms with Crippen molar-refractivity contribution in [3.63, 3.8) is 0 Å². The SMILES string of the molecule is Cc1cccc(Nc2ncnc3c2CC(Nc2nccc(/C=C4/SC(=O)NC4=O)n2)CC3)c1. The van der Waals surface area contributed by atoms with E-state index in [0.717, 1.165) is 53.8 Å². The fourth-order valence-corrected chi connectivity index (χ4v) is 4.56. The Balaban J connectivity index is 1.32. The van der Waals surface area contributed by atoms with Crippen LogP contribution in [-0.4, -0.2) is 37.1 Å². The number of rotatable bonds is 5. The number of hydrogen-bond donors (Lipinski definition) is 3.